The van der Waals surface area contributed by atoms with Crippen LogP contribution >= 0.6 is 0 Å². The summed E-state index contributed by atoms with van der Waals surface area (Å²) in [6, 6.07) is 9.27. The summed E-state index contributed by atoms with van der Waals surface area (Å²) in [6.45, 7) is 1.60. The van der Waals surface area contributed by atoms with Crippen molar-refractivity contribution in [3.8, 4) is 0 Å². The Hall–Kier alpha value is -2.45. The molecule has 0 saturated heterocycles. The first-order valence-corrected chi connectivity index (χ1v) is 9.35. The normalized spacial score (nSPS) is 12.5. The quantitative estimate of drug-likeness (QED) is 0.757. The van der Waals surface area contributed by atoms with Gasteiger partial charge in [-0.1, -0.05) is 18.2 Å². The van der Waals surface area contributed by atoms with Crippen molar-refractivity contribution >= 4 is 21.6 Å². The summed E-state index contributed by atoms with van der Waals surface area (Å²) >= 11 is 0. The van der Waals surface area contributed by atoms with Crippen LogP contribution in [0, 0.1) is 12.7 Å². The minimum absolute atomic E-state index is 0.0909. The number of anilines is 1. The monoisotopic (exact) mass is 366 g/mol. The second-order valence-electron chi connectivity index (χ2n) is 5.65. The molecule has 0 radical (unpaired) electrons. The average molecular weight is 366 g/mol. The highest BCUT2D eigenvalue weighted by atomic mass is 32.2. The van der Waals surface area contributed by atoms with Gasteiger partial charge in [-0.25, -0.2) is 17.6 Å². The number of benzene rings is 2. The van der Waals surface area contributed by atoms with E-state index in [2.05, 4.69) is 10.6 Å². The number of halogens is 1. The van der Waals surface area contributed by atoms with Gasteiger partial charge in [0.1, 0.15) is 5.82 Å². The molecular formula is C17H19FN2O4S. The fourth-order valence-corrected chi connectivity index (χ4v) is 2.80. The molecule has 0 aliphatic heterocycles. The maximum Gasteiger partial charge on any atom is 0.319 e. The van der Waals surface area contributed by atoms with E-state index in [1.807, 2.05) is 0 Å². The Morgan fingerprint density at radius 2 is 1.96 bits per heavy atom. The number of aliphatic hydroxyl groups excluding tert-OH is 1. The Labute approximate surface area is 145 Å². The summed E-state index contributed by atoms with van der Waals surface area (Å²) in [5.41, 5.74) is 1.38. The third kappa shape index (κ3) is 5.27. The molecule has 1 atom stereocenters. The van der Waals surface area contributed by atoms with Gasteiger partial charge in [0.15, 0.2) is 9.84 Å². The van der Waals surface area contributed by atoms with Crippen molar-refractivity contribution in [1.82, 2.24) is 5.32 Å². The van der Waals surface area contributed by atoms with Crippen LogP contribution in [0.3, 0.4) is 0 Å². The molecule has 0 bridgehead atoms. The minimum atomic E-state index is -3.39. The molecule has 0 saturated carbocycles. The average Bonchev–Trinajstić information content (AvgIpc) is 2.53. The lowest BCUT2D eigenvalue weighted by molar-refractivity contribution is 0.174. The van der Waals surface area contributed by atoms with E-state index >= 15 is 0 Å². The van der Waals surface area contributed by atoms with Crippen LogP contribution in [-0.2, 0) is 9.84 Å². The third-order valence-corrected chi connectivity index (χ3v) is 4.69. The first-order valence-electron chi connectivity index (χ1n) is 7.46. The zero-order chi connectivity index (χ0) is 18.6. The molecule has 1 unspecified atom stereocenters. The van der Waals surface area contributed by atoms with Crippen molar-refractivity contribution in [2.24, 2.45) is 0 Å². The predicted molar refractivity (Wildman–Crippen MR) is 92.7 cm³/mol. The Morgan fingerprint density at radius 1 is 1.24 bits per heavy atom. The summed E-state index contributed by atoms with van der Waals surface area (Å²) in [7, 11) is -3.39. The van der Waals surface area contributed by atoms with Crippen molar-refractivity contribution in [2.45, 2.75) is 17.9 Å². The fraction of sp³-hybridized carbons (Fsp3) is 0.235. The molecule has 2 aromatic rings. The number of hydrogen-bond acceptors (Lipinski definition) is 4. The van der Waals surface area contributed by atoms with Crippen molar-refractivity contribution in [3.63, 3.8) is 0 Å². The Bertz CT molecular complexity index is 884. The number of carbonyl (C=O) groups is 1. The van der Waals surface area contributed by atoms with Crippen LogP contribution < -0.4 is 10.6 Å². The maximum atomic E-state index is 13.1. The van der Waals surface area contributed by atoms with Crippen LogP contribution in [0.2, 0.25) is 0 Å². The molecule has 0 fully saturated rings. The molecule has 0 aliphatic carbocycles. The Morgan fingerprint density at radius 3 is 2.60 bits per heavy atom. The number of urea groups is 1. The zero-order valence-corrected chi connectivity index (χ0v) is 14.6. The van der Waals surface area contributed by atoms with Crippen LogP contribution in [0.1, 0.15) is 17.2 Å². The lowest BCUT2D eigenvalue weighted by Gasteiger charge is -2.14. The molecule has 134 valence electrons. The van der Waals surface area contributed by atoms with Crippen molar-refractivity contribution in [1.29, 1.82) is 0 Å². The minimum Gasteiger partial charge on any atom is -0.387 e. The van der Waals surface area contributed by atoms with Crippen LogP contribution in [0.15, 0.2) is 47.4 Å². The van der Waals surface area contributed by atoms with Crippen molar-refractivity contribution in [3.05, 3.63) is 59.4 Å². The van der Waals surface area contributed by atoms with E-state index in [0.29, 0.717) is 16.8 Å². The highest BCUT2D eigenvalue weighted by Gasteiger charge is 2.13. The highest BCUT2D eigenvalue weighted by Crippen LogP contribution is 2.20. The summed E-state index contributed by atoms with van der Waals surface area (Å²) in [6.07, 6.45) is 0.0153. The number of hydrogen-bond donors (Lipinski definition) is 3. The van der Waals surface area contributed by atoms with Gasteiger partial charge < -0.3 is 15.7 Å². The molecule has 0 spiro atoms. The van der Waals surface area contributed by atoms with Crippen molar-refractivity contribution < 1.29 is 22.7 Å². The predicted octanol–water partition coefficient (Wildman–Crippen LogP) is 2.39. The topological polar surface area (TPSA) is 95.5 Å². The second kappa shape index (κ2) is 7.62. The SMILES string of the molecule is Cc1ccc(S(C)(=O)=O)cc1NC(=O)NCC(O)c1cccc(F)c1. The number of aliphatic hydroxyl groups is 1. The summed E-state index contributed by atoms with van der Waals surface area (Å²) in [5.74, 6) is -0.478. The number of sulfone groups is 1. The molecule has 8 heteroatoms. The third-order valence-electron chi connectivity index (χ3n) is 3.57. The molecule has 2 aromatic carbocycles. The molecule has 0 heterocycles. The summed E-state index contributed by atoms with van der Waals surface area (Å²) in [5, 5.41) is 15.0. The number of amides is 2. The van der Waals surface area contributed by atoms with E-state index < -0.39 is 27.8 Å². The summed E-state index contributed by atoms with van der Waals surface area (Å²) in [4.78, 5) is 12.1. The van der Waals surface area contributed by atoms with E-state index in [9.17, 15) is 22.7 Å². The van der Waals surface area contributed by atoms with E-state index in [-0.39, 0.29) is 11.4 Å². The van der Waals surface area contributed by atoms with Crippen LogP contribution in [-0.4, -0.2) is 32.4 Å². The van der Waals surface area contributed by atoms with Crippen LogP contribution in [0.5, 0.6) is 0 Å². The molecule has 25 heavy (non-hydrogen) atoms. The van der Waals surface area contributed by atoms with Gasteiger partial charge in [0, 0.05) is 18.5 Å². The standard InChI is InChI=1S/C17H19FN2O4S/c1-11-6-7-14(25(2,23)24)9-15(11)20-17(22)19-10-16(21)12-4-3-5-13(18)8-12/h3-9,16,21H,10H2,1-2H3,(H2,19,20,22). The highest BCUT2D eigenvalue weighted by molar-refractivity contribution is 7.90. The van der Waals surface area contributed by atoms with E-state index in [1.165, 1.54) is 30.3 Å². The fourth-order valence-electron chi connectivity index (χ4n) is 2.15. The Kier molecular flexibility index (Phi) is 5.76. The lowest BCUT2D eigenvalue weighted by Crippen LogP contribution is -2.32. The lowest BCUT2D eigenvalue weighted by atomic mass is 10.1. The maximum absolute atomic E-state index is 13.1. The van der Waals surface area contributed by atoms with Crippen molar-refractivity contribution in [2.75, 3.05) is 18.1 Å². The first kappa shape index (κ1) is 18.9. The number of carbonyl (C=O) groups excluding carboxylic acids is 1. The number of nitrogens with one attached hydrogen (secondary N) is 2. The Balaban J connectivity index is 2.01. The molecule has 3 N–H and O–H groups in total. The molecule has 0 aromatic heterocycles. The molecule has 0 aliphatic rings. The van der Waals surface area contributed by atoms with Gasteiger partial charge in [-0.3, -0.25) is 0 Å². The molecule has 6 nitrogen and oxygen atoms in total. The van der Waals surface area contributed by atoms with E-state index in [4.69, 9.17) is 0 Å². The van der Waals surface area contributed by atoms with Gasteiger partial charge in [-0.2, -0.15) is 0 Å². The van der Waals surface area contributed by atoms with Gasteiger partial charge in [-0.15, -0.1) is 0 Å². The van der Waals surface area contributed by atoms with Gasteiger partial charge in [-0.05, 0) is 42.3 Å². The largest absolute Gasteiger partial charge is 0.387 e. The van der Waals surface area contributed by atoms with Gasteiger partial charge >= 0.3 is 6.03 Å². The molecule has 2 rings (SSSR count). The molecule has 2 amide bonds. The van der Waals surface area contributed by atoms with Crippen LogP contribution in [0.4, 0.5) is 14.9 Å². The van der Waals surface area contributed by atoms with Gasteiger partial charge in [0.2, 0.25) is 0 Å². The molecular weight excluding hydrogens is 347 g/mol. The second-order valence-corrected chi connectivity index (χ2v) is 7.67. The van der Waals surface area contributed by atoms with Crippen LogP contribution in [0.25, 0.3) is 0 Å². The van der Waals surface area contributed by atoms with Gasteiger partial charge in [0.25, 0.3) is 0 Å². The summed E-state index contributed by atoms with van der Waals surface area (Å²) < 4.78 is 36.3. The van der Waals surface area contributed by atoms with Gasteiger partial charge in [0.05, 0.1) is 11.0 Å². The number of aryl methyl sites for hydroxylation is 1. The van der Waals surface area contributed by atoms with E-state index in [1.54, 1.807) is 19.1 Å². The number of rotatable bonds is 5. The first-order chi connectivity index (χ1) is 11.7. The smallest absolute Gasteiger partial charge is 0.319 e. The van der Waals surface area contributed by atoms with E-state index in [0.717, 1.165) is 6.26 Å². The zero-order valence-electron chi connectivity index (χ0n) is 13.8.